The van der Waals surface area contributed by atoms with Crippen LogP contribution in [0.15, 0.2) is 12.1 Å². The number of aliphatic hydroxyl groups is 1. The van der Waals surface area contributed by atoms with Crippen molar-refractivity contribution in [3.05, 3.63) is 23.3 Å². The molecule has 1 unspecified atom stereocenters. The highest BCUT2D eigenvalue weighted by Gasteiger charge is 2.22. The number of hydrogen-bond acceptors (Lipinski definition) is 6. The molecule has 0 aromatic heterocycles. The third-order valence-electron chi connectivity index (χ3n) is 4.67. The van der Waals surface area contributed by atoms with Crippen LogP contribution >= 0.6 is 0 Å². The summed E-state index contributed by atoms with van der Waals surface area (Å²) in [7, 11) is 0. The first-order valence-electron chi connectivity index (χ1n) is 10.2. The quantitative estimate of drug-likeness (QED) is 0.454. The number of ether oxygens (including phenoxy) is 2. The minimum Gasteiger partial charge on any atom is -0.481 e. The lowest BCUT2D eigenvalue weighted by Gasteiger charge is -2.26. The van der Waals surface area contributed by atoms with Crippen LogP contribution in [0.1, 0.15) is 58.6 Å². The van der Waals surface area contributed by atoms with E-state index in [0.717, 1.165) is 11.1 Å². The molecule has 0 saturated carbocycles. The van der Waals surface area contributed by atoms with Crippen molar-refractivity contribution in [1.29, 1.82) is 0 Å². The minimum absolute atomic E-state index is 0.0118. The summed E-state index contributed by atoms with van der Waals surface area (Å²) in [5.74, 6) is -0.805. The van der Waals surface area contributed by atoms with Gasteiger partial charge in [-0.25, -0.2) is 4.79 Å². The van der Waals surface area contributed by atoms with E-state index in [9.17, 15) is 14.7 Å². The van der Waals surface area contributed by atoms with E-state index in [0.29, 0.717) is 37.2 Å². The van der Waals surface area contributed by atoms with E-state index in [1.807, 2.05) is 39.8 Å². The Balaban J connectivity index is 3.11. The third kappa shape index (κ3) is 8.31. The van der Waals surface area contributed by atoms with E-state index in [2.05, 4.69) is 5.32 Å². The van der Waals surface area contributed by atoms with E-state index in [-0.39, 0.29) is 25.0 Å². The fourth-order valence-corrected chi connectivity index (χ4v) is 2.85. The molecule has 0 amide bonds. The van der Waals surface area contributed by atoms with Crippen molar-refractivity contribution in [1.82, 2.24) is 0 Å². The van der Waals surface area contributed by atoms with Gasteiger partial charge < -0.3 is 25.0 Å². The molecule has 1 aromatic carbocycles. The van der Waals surface area contributed by atoms with E-state index >= 15 is 0 Å². The number of rotatable bonds is 12. The molecule has 7 heteroatoms. The Morgan fingerprint density at radius 3 is 2.38 bits per heavy atom. The Morgan fingerprint density at radius 2 is 1.83 bits per heavy atom. The van der Waals surface area contributed by atoms with Gasteiger partial charge in [-0.15, -0.1) is 0 Å². The van der Waals surface area contributed by atoms with Crippen LogP contribution in [-0.2, 0) is 27.2 Å². The first-order chi connectivity index (χ1) is 13.6. The Hall–Kier alpha value is -2.28. The van der Waals surface area contributed by atoms with Crippen molar-refractivity contribution in [3.8, 4) is 5.75 Å². The number of benzene rings is 1. The predicted molar refractivity (Wildman–Crippen MR) is 112 cm³/mol. The van der Waals surface area contributed by atoms with Gasteiger partial charge in [-0.2, -0.15) is 0 Å². The highest BCUT2D eigenvalue weighted by molar-refractivity contribution is 5.73. The van der Waals surface area contributed by atoms with Gasteiger partial charge in [-0.1, -0.05) is 39.8 Å². The van der Waals surface area contributed by atoms with Crippen molar-refractivity contribution >= 4 is 17.6 Å². The molecule has 29 heavy (non-hydrogen) atoms. The number of carboxylic acids is 1. The number of aliphatic carboxylic acids is 1. The second-order valence-electron chi connectivity index (χ2n) is 8.03. The van der Waals surface area contributed by atoms with Gasteiger partial charge in [0.25, 0.3) is 0 Å². The summed E-state index contributed by atoms with van der Waals surface area (Å²) in [5.41, 5.74) is 2.15. The van der Waals surface area contributed by atoms with Crippen LogP contribution in [0.4, 0.5) is 5.69 Å². The van der Waals surface area contributed by atoms with Gasteiger partial charge in [0.15, 0.2) is 6.61 Å². The molecule has 0 radical (unpaired) electrons. The lowest BCUT2D eigenvalue weighted by atomic mass is 9.87. The Labute approximate surface area is 173 Å². The van der Waals surface area contributed by atoms with Crippen LogP contribution in [0.3, 0.4) is 0 Å². The van der Waals surface area contributed by atoms with Gasteiger partial charge >= 0.3 is 11.9 Å². The number of carbonyl (C=O) groups is 2. The lowest BCUT2D eigenvalue weighted by Crippen LogP contribution is -2.28. The van der Waals surface area contributed by atoms with Crippen LogP contribution in [0.2, 0.25) is 0 Å². The second-order valence-corrected chi connectivity index (χ2v) is 8.03. The number of carboxylic acid groups (broad SMARTS) is 1. The number of nitrogens with one attached hydrogen (secondary N) is 1. The lowest BCUT2D eigenvalue weighted by molar-refractivity contribution is -0.145. The van der Waals surface area contributed by atoms with Crippen LogP contribution < -0.4 is 10.1 Å². The van der Waals surface area contributed by atoms with Crippen LogP contribution in [0.5, 0.6) is 5.75 Å². The Morgan fingerprint density at radius 1 is 1.17 bits per heavy atom. The smallest absolute Gasteiger partial charge is 0.344 e. The fraction of sp³-hybridized carbons (Fsp3) is 0.636. The molecule has 0 saturated heterocycles. The maximum absolute atomic E-state index is 11.8. The van der Waals surface area contributed by atoms with Crippen molar-refractivity contribution in [2.45, 2.75) is 66.4 Å². The zero-order valence-corrected chi connectivity index (χ0v) is 18.2. The summed E-state index contributed by atoms with van der Waals surface area (Å²) in [4.78, 5) is 22.8. The van der Waals surface area contributed by atoms with Crippen molar-refractivity contribution in [3.63, 3.8) is 0 Å². The van der Waals surface area contributed by atoms with Gasteiger partial charge in [0, 0.05) is 13.0 Å². The van der Waals surface area contributed by atoms with Gasteiger partial charge in [-0.05, 0) is 42.7 Å². The highest BCUT2D eigenvalue weighted by atomic mass is 16.6. The predicted octanol–water partition coefficient (Wildman–Crippen LogP) is 3.42. The number of aliphatic hydroxyl groups excluding tert-OH is 1. The molecule has 0 heterocycles. The second kappa shape index (κ2) is 11.7. The molecule has 3 N–H and O–H groups in total. The highest BCUT2D eigenvalue weighted by Crippen LogP contribution is 2.34. The summed E-state index contributed by atoms with van der Waals surface area (Å²) in [5, 5.41) is 22.7. The van der Waals surface area contributed by atoms with E-state index < -0.39 is 18.0 Å². The molecular weight excluding hydrogens is 374 g/mol. The van der Waals surface area contributed by atoms with Crippen LogP contribution in [0.25, 0.3) is 0 Å². The molecule has 7 nitrogen and oxygen atoms in total. The summed E-state index contributed by atoms with van der Waals surface area (Å²) < 4.78 is 10.7. The number of aryl methyl sites for hydroxylation is 2. The number of carbonyl (C=O) groups excluding carboxylic acids is 1. The molecule has 0 aliphatic carbocycles. The van der Waals surface area contributed by atoms with E-state index in [1.54, 1.807) is 6.92 Å². The molecule has 0 aliphatic heterocycles. The average molecular weight is 410 g/mol. The average Bonchev–Trinajstić information content (AvgIpc) is 2.64. The molecule has 164 valence electrons. The molecule has 1 aromatic rings. The minimum atomic E-state index is -0.882. The van der Waals surface area contributed by atoms with Crippen LogP contribution in [-0.4, -0.2) is 48.0 Å². The molecule has 1 rings (SSSR count). The van der Waals surface area contributed by atoms with Crippen LogP contribution in [0, 0.1) is 5.41 Å². The number of hydrogen-bond donors (Lipinski definition) is 3. The number of esters is 1. The van der Waals surface area contributed by atoms with Gasteiger partial charge in [0.2, 0.25) is 0 Å². The summed E-state index contributed by atoms with van der Waals surface area (Å²) in [6.45, 7) is 10.2. The molecular formula is C22H35NO6. The number of anilines is 1. The first-order valence-corrected chi connectivity index (χ1v) is 10.2. The maximum atomic E-state index is 11.8. The zero-order chi connectivity index (χ0) is 22.0. The van der Waals surface area contributed by atoms with Crippen molar-refractivity contribution in [2.75, 3.05) is 25.1 Å². The summed E-state index contributed by atoms with van der Waals surface area (Å²) >= 11 is 0. The normalized spacial score (nSPS) is 12.3. The van der Waals surface area contributed by atoms with Crippen molar-refractivity contribution in [2.24, 2.45) is 5.41 Å². The molecule has 0 aliphatic rings. The van der Waals surface area contributed by atoms with Gasteiger partial charge in [0.1, 0.15) is 5.75 Å². The Bertz CT molecular complexity index is 681. The SMILES string of the molecule is CCOC(=O)COc1c(CC)ccc(CCC(=O)O)c1NCCC(O)C(C)(C)C. The van der Waals surface area contributed by atoms with E-state index in [1.165, 1.54) is 0 Å². The standard InChI is InChI=1S/C22H35NO6/c1-6-15-8-9-16(10-11-18(25)26)20(21(15)29-14-19(27)28-7-2)23-13-12-17(24)22(3,4)5/h8-9,17,23-24H,6-7,10-14H2,1-5H3,(H,25,26). The maximum Gasteiger partial charge on any atom is 0.344 e. The van der Waals surface area contributed by atoms with Crippen molar-refractivity contribution < 1.29 is 29.3 Å². The molecule has 1 atom stereocenters. The van der Waals surface area contributed by atoms with Gasteiger partial charge in [-0.3, -0.25) is 4.79 Å². The summed E-state index contributed by atoms with van der Waals surface area (Å²) in [6, 6.07) is 3.79. The molecule has 0 bridgehead atoms. The fourth-order valence-electron chi connectivity index (χ4n) is 2.85. The third-order valence-corrected chi connectivity index (χ3v) is 4.67. The molecule has 0 fully saturated rings. The monoisotopic (exact) mass is 409 g/mol. The van der Waals surface area contributed by atoms with Gasteiger partial charge in [0.05, 0.1) is 18.4 Å². The Kier molecular flexibility index (Phi) is 9.95. The topological polar surface area (TPSA) is 105 Å². The summed E-state index contributed by atoms with van der Waals surface area (Å²) in [6.07, 6.45) is 1.05. The largest absolute Gasteiger partial charge is 0.481 e. The van der Waals surface area contributed by atoms with E-state index in [4.69, 9.17) is 14.6 Å². The molecule has 0 spiro atoms. The zero-order valence-electron chi connectivity index (χ0n) is 18.2. The first kappa shape index (κ1) is 24.8.